The SMILES string of the molecule is COCC(O)CNCC(=O)N1CCC(C(=O)O)CC1. The normalized spacial score (nSPS) is 18.3. The van der Waals surface area contributed by atoms with Crippen molar-refractivity contribution in [2.24, 2.45) is 5.92 Å². The number of amides is 1. The highest BCUT2D eigenvalue weighted by molar-refractivity contribution is 5.78. The van der Waals surface area contributed by atoms with Gasteiger partial charge in [-0.3, -0.25) is 9.59 Å². The molecular formula is C12H22N2O5. The molecule has 0 radical (unpaired) electrons. The number of hydrogen-bond acceptors (Lipinski definition) is 5. The van der Waals surface area contributed by atoms with E-state index in [0.29, 0.717) is 32.5 Å². The van der Waals surface area contributed by atoms with Gasteiger partial charge < -0.3 is 25.2 Å². The number of methoxy groups -OCH3 is 1. The Hall–Kier alpha value is -1.18. The maximum Gasteiger partial charge on any atom is 0.306 e. The monoisotopic (exact) mass is 274 g/mol. The van der Waals surface area contributed by atoms with E-state index in [4.69, 9.17) is 9.84 Å². The smallest absolute Gasteiger partial charge is 0.306 e. The fourth-order valence-electron chi connectivity index (χ4n) is 2.08. The third-order valence-corrected chi connectivity index (χ3v) is 3.21. The van der Waals surface area contributed by atoms with Crippen LogP contribution in [0.4, 0.5) is 0 Å². The lowest BCUT2D eigenvalue weighted by Crippen LogP contribution is -2.45. The zero-order valence-electron chi connectivity index (χ0n) is 11.2. The Labute approximate surface area is 112 Å². The molecule has 1 atom stereocenters. The summed E-state index contributed by atoms with van der Waals surface area (Å²) in [5.41, 5.74) is 0. The van der Waals surface area contributed by atoms with Crippen molar-refractivity contribution in [1.82, 2.24) is 10.2 Å². The van der Waals surface area contributed by atoms with Gasteiger partial charge in [-0.05, 0) is 12.8 Å². The molecule has 3 N–H and O–H groups in total. The van der Waals surface area contributed by atoms with Crippen molar-refractivity contribution in [3.63, 3.8) is 0 Å². The van der Waals surface area contributed by atoms with E-state index in [1.807, 2.05) is 0 Å². The van der Waals surface area contributed by atoms with E-state index in [-0.39, 0.29) is 25.0 Å². The fraction of sp³-hybridized carbons (Fsp3) is 0.833. The third kappa shape index (κ3) is 5.54. The van der Waals surface area contributed by atoms with Crippen LogP contribution in [0.3, 0.4) is 0 Å². The number of ether oxygens (including phenoxy) is 1. The summed E-state index contributed by atoms with van der Waals surface area (Å²) in [6.45, 7) is 1.64. The van der Waals surface area contributed by atoms with Crippen LogP contribution < -0.4 is 5.32 Å². The van der Waals surface area contributed by atoms with Crippen LogP contribution in [0.5, 0.6) is 0 Å². The molecule has 0 aromatic rings. The molecule has 1 aliphatic heterocycles. The second kappa shape index (κ2) is 8.08. The van der Waals surface area contributed by atoms with Crippen LogP contribution in [0.25, 0.3) is 0 Å². The van der Waals surface area contributed by atoms with Gasteiger partial charge in [0.15, 0.2) is 0 Å². The van der Waals surface area contributed by atoms with E-state index >= 15 is 0 Å². The number of piperidine rings is 1. The number of carbonyl (C=O) groups is 2. The lowest BCUT2D eigenvalue weighted by molar-refractivity contribution is -0.145. The maximum absolute atomic E-state index is 11.8. The fourth-order valence-corrected chi connectivity index (χ4v) is 2.08. The van der Waals surface area contributed by atoms with Crippen LogP contribution in [0.2, 0.25) is 0 Å². The molecule has 0 bridgehead atoms. The van der Waals surface area contributed by atoms with Gasteiger partial charge in [0.1, 0.15) is 0 Å². The van der Waals surface area contributed by atoms with Crippen molar-refractivity contribution in [3.05, 3.63) is 0 Å². The average Bonchev–Trinajstić information content (AvgIpc) is 2.39. The molecule has 1 amide bonds. The van der Waals surface area contributed by atoms with Crippen LogP contribution in [-0.4, -0.2) is 73.0 Å². The molecular weight excluding hydrogens is 252 g/mol. The highest BCUT2D eigenvalue weighted by Crippen LogP contribution is 2.16. The summed E-state index contributed by atoms with van der Waals surface area (Å²) in [4.78, 5) is 24.3. The van der Waals surface area contributed by atoms with E-state index in [9.17, 15) is 14.7 Å². The maximum atomic E-state index is 11.8. The lowest BCUT2D eigenvalue weighted by atomic mass is 9.97. The molecule has 110 valence electrons. The Balaban J connectivity index is 2.19. The summed E-state index contributed by atoms with van der Waals surface area (Å²) in [6.07, 6.45) is 0.386. The topological polar surface area (TPSA) is 99.1 Å². The van der Waals surface area contributed by atoms with Gasteiger partial charge in [0.2, 0.25) is 5.91 Å². The van der Waals surface area contributed by atoms with Crippen LogP contribution in [0, 0.1) is 5.92 Å². The molecule has 1 unspecified atom stereocenters. The molecule has 19 heavy (non-hydrogen) atoms. The van der Waals surface area contributed by atoms with Crippen molar-refractivity contribution < 1.29 is 24.5 Å². The first kappa shape index (κ1) is 15.9. The number of carboxylic acids is 1. The molecule has 0 aromatic carbocycles. The van der Waals surface area contributed by atoms with Gasteiger partial charge >= 0.3 is 5.97 Å². The minimum atomic E-state index is -0.784. The Kier molecular flexibility index (Phi) is 6.75. The van der Waals surface area contributed by atoms with Gasteiger partial charge in [-0.25, -0.2) is 0 Å². The standard InChI is InChI=1S/C12H22N2O5/c1-19-8-10(15)6-13-7-11(16)14-4-2-9(3-5-14)12(17)18/h9-10,13,15H,2-8H2,1H3,(H,17,18). The van der Waals surface area contributed by atoms with Crippen molar-refractivity contribution in [2.45, 2.75) is 18.9 Å². The number of likely N-dealkylation sites (tertiary alicyclic amines) is 1. The Bertz CT molecular complexity index is 302. The number of nitrogens with one attached hydrogen (secondary N) is 1. The number of rotatable bonds is 7. The molecule has 0 saturated carbocycles. The number of aliphatic hydroxyl groups is 1. The minimum absolute atomic E-state index is 0.0616. The van der Waals surface area contributed by atoms with E-state index in [1.165, 1.54) is 7.11 Å². The summed E-state index contributed by atoms with van der Waals surface area (Å²) < 4.78 is 4.77. The van der Waals surface area contributed by atoms with Crippen molar-refractivity contribution in [3.8, 4) is 0 Å². The predicted molar refractivity (Wildman–Crippen MR) is 67.7 cm³/mol. The highest BCUT2D eigenvalue weighted by Gasteiger charge is 2.26. The second-order valence-corrected chi connectivity index (χ2v) is 4.73. The summed E-state index contributed by atoms with van der Waals surface area (Å²) in [5, 5.41) is 21.1. The van der Waals surface area contributed by atoms with Crippen molar-refractivity contribution in [1.29, 1.82) is 0 Å². The van der Waals surface area contributed by atoms with E-state index in [0.717, 1.165) is 0 Å². The number of carbonyl (C=O) groups excluding carboxylic acids is 1. The number of nitrogens with zero attached hydrogens (tertiary/aromatic N) is 1. The van der Waals surface area contributed by atoms with Gasteiger partial charge in [0.05, 0.1) is 25.2 Å². The lowest BCUT2D eigenvalue weighted by Gasteiger charge is -2.30. The number of carboxylic acid groups (broad SMARTS) is 1. The van der Waals surface area contributed by atoms with Crippen LogP contribution in [-0.2, 0) is 14.3 Å². The predicted octanol–water partition coefficient (Wildman–Crippen LogP) is -1.09. The number of aliphatic hydroxyl groups excluding tert-OH is 1. The van der Waals surface area contributed by atoms with Crippen LogP contribution in [0.1, 0.15) is 12.8 Å². The zero-order valence-corrected chi connectivity index (χ0v) is 11.2. The first-order chi connectivity index (χ1) is 9.04. The minimum Gasteiger partial charge on any atom is -0.481 e. The second-order valence-electron chi connectivity index (χ2n) is 4.73. The van der Waals surface area contributed by atoms with E-state index in [2.05, 4.69) is 5.32 Å². The van der Waals surface area contributed by atoms with Gasteiger partial charge in [-0.15, -0.1) is 0 Å². The van der Waals surface area contributed by atoms with Gasteiger partial charge in [0, 0.05) is 26.7 Å². The molecule has 0 aromatic heterocycles. The molecule has 1 rings (SSSR count). The Morgan fingerprint density at radius 1 is 1.42 bits per heavy atom. The van der Waals surface area contributed by atoms with Crippen LogP contribution in [0.15, 0.2) is 0 Å². The largest absolute Gasteiger partial charge is 0.481 e. The molecule has 1 aliphatic rings. The van der Waals surface area contributed by atoms with Crippen molar-refractivity contribution >= 4 is 11.9 Å². The first-order valence-electron chi connectivity index (χ1n) is 6.43. The molecule has 1 heterocycles. The summed E-state index contributed by atoms with van der Waals surface area (Å²) in [6, 6.07) is 0. The van der Waals surface area contributed by atoms with Crippen molar-refractivity contribution in [2.75, 3.05) is 39.9 Å². The quantitative estimate of drug-likeness (QED) is 0.545. The Morgan fingerprint density at radius 2 is 2.05 bits per heavy atom. The molecule has 0 aliphatic carbocycles. The van der Waals surface area contributed by atoms with Gasteiger partial charge in [-0.1, -0.05) is 0 Å². The molecule has 7 heteroatoms. The summed E-state index contributed by atoms with van der Waals surface area (Å²) >= 11 is 0. The zero-order chi connectivity index (χ0) is 14.3. The molecule has 7 nitrogen and oxygen atoms in total. The molecule has 1 fully saturated rings. The highest BCUT2D eigenvalue weighted by atomic mass is 16.5. The Morgan fingerprint density at radius 3 is 2.58 bits per heavy atom. The van der Waals surface area contributed by atoms with Gasteiger partial charge in [0.25, 0.3) is 0 Å². The number of hydrogen-bond donors (Lipinski definition) is 3. The molecule has 0 spiro atoms. The van der Waals surface area contributed by atoms with E-state index < -0.39 is 12.1 Å². The third-order valence-electron chi connectivity index (χ3n) is 3.21. The molecule has 1 saturated heterocycles. The van der Waals surface area contributed by atoms with E-state index in [1.54, 1.807) is 4.90 Å². The summed E-state index contributed by atoms with van der Waals surface area (Å²) in [7, 11) is 1.50. The average molecular weight is 274 g/mol. The van der Waals surface area contributed by atoms with Gasteiger partial charge in [-0.2, -0.15) is 0 Å². The van der Waals surface area contributed by atoms with Crippen LogP contribution >= 0.6 is 0 Å². The number of aliphatic carboxylic acids is 1. The summed E-state index contributed by atoms with van der Waals surface area (Å²) in [5.74, 6) is -1.18. The first-order valence-corrected chi connectivity index (χ1v) is 6.43.